The number of carbonyl (C=O) groups excluding carboxylic acids is 1. The molecule has 41 heavy (non-hydrogen) atoms. The summed E-state index contributed by atoms with van der Waals surface area (Å²) in [4.78, 5) is 12.6. The molecule has 4 aliphatic rings. The third-order valence-electron chi connectivity index (χ3n) is 9.14. The molecule has 1 N–H and O–H groups in total. The highest BCUT2D eigenvalue weighted by Gasteiger charge is 2.51. The third-order valence-corrected chi connectivity index (χ3v) is 10.6. The molecular weight excluding hydrogens is 603 g/mol. The van der Waals surface area contributed by atoms with Crippen LogP contribution in [0.2, 0.25) is 15.1 Å². The minimum Gasteiger partial charge on any atom is -0.465 e. The van der Waals surface area contributed by atoms with E-state index in [1.165, 1.54) is 7.11 Å². The Hall–Kier alpha value is -2.16. The fraction of sp³-hybridized carbons (Fsp3) is 0.452. The van der Waals surface area contributed by atoms with Crippen LogP contribution in [0, 0.1) is 10.8 Å². The molecule has 4 fully saturated rings. The zero-order chi connectivity index (χ0) is 28.8. The first kappa shape index (κ1) is 28.9. The molecule has 216 valence electrons. The Bertz CT molecular complexity index is 1460. The van der Waals surface area contributed by atoms with Gasteiger partial charge in [-0.1, -0.05) is 58.2 Å². The molecule has 2 bridgehead atoms. The number of aromatic nitrogens is 1. The van der Waals surface area contributed by atoms with Crippen molar-refractivity contribution in [3.05, 3.63) is 68.4 Å². The molecule has 1 aromatic heterocycles. The van der Waals surface area contributed by atoms with Gasteiger partial charge in [0.2, 0.25) is 0 Å². The number of benzene rings is 2. The minimum atomic E-state index is -0.422. The van der Waals surface area contributed by atoms with Crippen molar-refractivity contribution in [2.24, 2.45) is 10.8 Å². The van der Waals surface area contributed by atoms with E-state index in [4.69, 9.17) is 61.0 Å². The molecular formula is C31H31Cl3N2O4S. The van der Waals surface area contributed by atoms with Crippen LogP contribution < -0.4 is 5.32 Å². The van der Waals surface area contributed by atoms with Gasteiger partial charge in [-0.05, 0) is 87.1 Å². The SMILES string of the molecule is COC(=O)c1ccc(NC(=S)C23CCC(COCc4c(-c5c(Cl)cccc5Cl)noc4C4CC4)(CC2)CC3)c(Cl)c1. The zero-order valence-corrected chi connectivity index (χ0v) is 25.8. The standard InChI is InChI=1S/C31H31Cl3N2O4S/c1-38-28(37)19-7-8-24(23(34)15-19)35-29(41)31-12-9-30(10-13-31,11-14-31)17-39-16-20-26(36-40-27(20)18-5-6-18)25-21(32)3-2-4-22(25)33/h2-4,7-8,15,18H,5-6,9-14,16-17H2,1H3,(H,35,41). The van der Waals surface area contributed by atoms with E-state index >= 15 is 0 Å². The fourth-order valence-electron chi connectivity index (χ4n) is 6.35. The Morgan fingerprint density at radius 2 is 1.73 bits per heavy atom. The van der Waals surface area contributed by atoms with Gasteiger partial charge in [-0.15, -0.1) is 0 Å². The number of nitrogens with zero attached hydrogens (tertiary/aromatic N) is 1. The predicted molar refractivity (Wildman–Crippen MR) is 165 cm³/mol. The lowest BCUT2D eigenvalue weighted by atomic mass is 9.54. The molecule has 4 aliphatic carbocycles. The molecule has 0 saturated heterocycles. The molecule has 2 aromatic carbocycles. The average molecular weight is 634 g/mol. The van der Waals surface area contributed by atoms with Gasteiger partial charge in [-0.25, -0.2) is 4.79 Å². The number of fused-ring (bicyclic) bond motifs is 3. The lowest BCUT2D eigenvalue weighted by Gasteiger charge is -2.53. The molecule has 6 nitrogen and oxygen atoms in total. The average Bonchev–Trinajstić information content (AvgIpc) is 3.75. The van der Waals surface area contributed by atoms with Gasteiger partial charge in [0.15, 0.2) is 0 Å². The van der Waals surface area contributed by atoms with Gasteiger partial charge in [-0.2, -0.15) is 0 Å². The van der Waals surface area contributed by atoms with Crippen molar-refractivity contribution >= 4 is 63.7 Å². The zero-order valence-electron chi connectivity index (χ0n) is 22.7. The predicted octanol–water partition coefficient (Wildman–Crippen LogP) is 9.26. The number of nitrogens with one attached hydrogen (secondary N) is 1. The topological polar surface area (TPSA) is 73.6 Å². The first-order valence-corrected chi connectivity index (χ1v) is 15.5. The van der Waals surface area contributed by atoms with Gasteiger partial charge in [-0.3, -0.25) is 0 Å². The summed E-state index contributed by atoms with van der Waals surface area (Å²) >= 11 is 25.4. The number of hydrogen-bond acceptors (Lipinski definition) is 6. The Morgan fingerprint density at radius 3 is 2.34 bits per heavy atom. The van der Waals surface area contributed by atoms with Gasteiger partial charge >= 0.3 is 5.97 Å². The number of carbonyl (C=O) groups is 1. The number of halogens is 3. The minimum absolute atomic E-state index is 0.0525. The lowest BCUT2D eigenvalue weighted by Crippen LogP contribution is -2.49. The van der Waals surface area contributed by atoms with Crippen molar-refractivity contribution in [1.29, 1.82) is 0 Å². The van der Waals surface area contributed by atoms with Crippen molar-refractivity contribution in [3.8, 4) is 11.3 Å². The highest BCUT2D eigenvalue weighted by Crippen LogP contribution is 2.58. The van der Waals surface area contributed by atoms with Crippen LogP contribution in [0.25, 0.3) is 11.3 Å². The summed E-state index contributed by atoms with van der Waals surface area (Å²) in [5.74, 6) is 0.863. The van der Waals surface area contributed by atoms with Crippen LogP contribution in [-0.4, -0.2) is 29.8 Å². The largest absolute Gasteiger partial charge is 0.465 e. The summed E-state index contributed by atoms with van der Waals surface area (Å²) in [5, 5.41) is 9.32. The highest BCUT2D eigenvalue weighted by atomic mass is 35.5. The number of rotatable bonds is 9. The van der Waals surface area contributed by atoms with Crippen molar-refractivity contribution in [1.82, 2.24) is 5.16 Å². The Balaban J connectivity index is 1.10. The van der Waals surface area contributed by atoms with Crippen molar-refractivity contribution in [3.63, 3.8) is 0 Å². The van der Waals surface area contributed by atoms with Gasteiger partial charge in [0, 0.05) is 22.5 Å². The first-order chi connectivity index (χ1) is 19.7. The van der Waals surface area contributed by atoms with Gasteiger partial charge in [0.05, 0.1) is 51.6 Å². The van der Waals surface area contributed by atoms with E-state index in [9.17, 15) is 4.79 Å². The van der Waals surface area contributed by atoms with Crippen molar-refractivity contribution < 1.29 is 18.8 Å². The number of hydrogen-bond donors (Lipinski definition) is 1. The molecule has 10 heteroatoms. The van der Waals surface area contributed by atoms with Gasteiger partial charge in [0.25, 0.3) is 0 Å². The Morgan fingerprint density at radius 1 is 1.05 bits per heavy atom. The summed E-state index contributed by atoms with van der Waals surface area (Å²) in [5.41, 5.74) is 3.54. The molecule has 0 atom stereocenters. The maximum absolute atomic E-state index is 11.8. The number of ether oxygens (including phenoxy) is 2. The van der Waals surface area contributed by atoms with Crippen LogP contribution in [-0.2, 0) is 16.1 Å². The molecule has 3 aromatic rings. The van der Waals surface area contributed by atoms with E-state index in [-0.39, 0.29) is 10.8 Å². The molecule has 7 rings (SSSR count). The quantitative estimate of drug-likeness (QED) is 0.186. The third kappa shape index (κ3) is 5.64. The Labute approximate surface area is 260 Å². The fourth-order valence-corrected chi connectivity index (χ4v) is 7.57. The summed E-state index contributed by atoms with van der Waals surface area (Å²) in [7, 11) is 1.35. The van der Waals surface area contributed by atoms with Gasteiger partial charge in [0.1, 0.15) is 11.5 Å². The van der Waals surface area contributed by atoms with Crippen LogP contribution in [0.15, 0.2) is 40.9 Å². The molecule has 0 aliphatic heterocycles. The van der Waals surface area contributed by atoms with Crippen LogP contribution >= 0.6 is 47.0 Å². The van der Waals surface area contributed by atoms with Crippen LogP contribution in [0.5, 0.6) is 0 Å². The second-order valence-electron chi connectivity index (χ2n) is 11.7. The number of esters is 1. The summed E-state index contributed by atoms with van der Waals surface area (Å²) in [6.07, 6.45) is 8.34. The van der Waals surface area contributed by atoms with E-state index in [0.717, 1.165) is 67.7 Å². The number of thiocarbonyl (C=S) groups is 1. The van der Waals surface area contributed by atoms with E-state index in [0.29, 0.717) is 56.7 Å². The molecule has 0 spiro atoms. The first-order valence-electron chi connectivity index (χ1n) is 13.9. The number of anilines is 1. The van der Waals surface area contributed by atoms with Crippen LogP contribution in [0.1, 0.15) is 79.0 Å². The number of methoxy groups -OCH3 is 1. The van der Waals surface area contributed by atoms with Crippen molar-refractivity contribution in [2.45, 2.75) is 63.9 Å². The molecule has 0 unspecified atom stereocenters. The van der Waals surface area contributed by atoms with E-state index in [2.05, 4.69) is 10.5 Å². The normalized spacial score (nSPS) is 23.4. The molecule has 4 saturated carbocycles. The van der Waals surface area contributed by atoms with E-state index in [1.807, 2.05) is 18.2 Å². The van der Waals surface area contributed by atoms with Crippen molar-refractivity contribution in [2.75, 3.05) is 19.0 Å². The molecule has 1 heterocycles. The maximum Gasteiger partial charge on any atom is 0.337 e. The lowest BCUT2D eigenvalue weighted by molar-refractivity contribution is -0.0463. The van der Waals surface area contributed by atoms with E-state index < -0.39 is 5.97 Å². The highest BCUT2D eigenvalue weighted by molar-refractivity contribution is 7.80. The summed E-state index contributed by atoms with van der Waals surface area (Å²) in [6.45, 7) is 1.09. The van der Waals surface area contributed by atoms with Crippen LogP contribution in [0.3, 0.4) is 0 Å². The molecule has 0 radical (unpaired) electrons. The Kier molecular flexibility index (Phi) is 8.11. The maximum atomic E-state index is 11.8. The molecule has 0 amide bonds. The summed E-state index contributed by atoms with van der Waals surface area (Å²) in [6, 6.07) is 10.5. The monoisotopic (exact) mass is 632 g/mol. The summed E-state index contributed by atoms with van der Waals surface area (Å²) < 4.78 is 17.0. The second kappa shape index (κ2) is 11.5. The van der Waals surface area contributed by atoms with Gasteiger partial charge < -0.3 is 19.3 Å². The van der Waals surface area contributed by atoms with E-state index in [1.54, 1.807) is 18.2 Å². The van der Waals surface area contributed by atoms with Crippen LogP contribution in [0.4, 0.5) is 5.69 Å². The smallest absolute Gasteiger partial charge is 0.337 e. The second-order valence-corrected chi connectivity index (χ2v) is 13.3.